The summed E-state index contributed by atoms with van der Waals surface area (Å²) >= 11 is 0. The van der Waals surface area contributed by atoms with Crippen LogP contribution in [-0.2, 0) is 14.8 Å². The van der Waals surface area contributed by atoms with E-state index in [0.29, 0.717) is 18.6 Å². The van der Waals surface area contributed by atoms with E-state index in [-0.39, 0.29) is 34.9 Å². The van der Waals surface area contributed by atoms with Gasteiger partial charge < -0.3 is 5.32 Å². The molecule has 2 fully saturated rings. The molecule has 1 aromatic heterocycles. The highest BCUT2D eigenvalue weighted by Gasteiger charge is 2.47. The molecule has 2 aliphatic heterocycles. The lowest BCUT2D eigenvalue weighted by molar-refractivity contribution is -0.117. The van der Waals surface area contributed by atoms with Crippen molar-refractivity contribution in [3.8, 4) is 0 Å². The normalized spacial score (nSPS) is 22.1. The molecule has 1 N–H and O–H groups in total. The van der Waals surface area contributed by atoms with E-state index >= 15 is 0 Å². The monoisotopic (exact) mass is 441 g/mol. The van der Waals surface area contributed by atoms with Crippen molar-refractivity contribution in [1.82, 2.24) is 19.5 Å². The molecule has 162 valence electrons. The molecule has 1 amide bonds. The number of piperazine rings is 1. The Labute approximate surface area is 180 Å². The van der Waals surface area contributed by atoms with Gasteiger partial charge in [0.05, 0.1) is 6.54 Å². The Morgan fingerprint density at radius 3 is 2.58 bits per heavy atom. The molecule has 0 saturated carbocycles. The van der Waals surface area contributed by atoms with Crippen molar-refractivity contribution in [2.45, 2.75) is 36.7 Å². The Morgan fingerprint density at radius 1 is 1.10 bits per heavy atom. The van der Waals surface area contributed by atoms with E-state index in [1.807, 2.05) is 36.1 Å². The minimum Gasteiger partial charge on any atom is -0.325 e. The average Bonchev–Trinajstić information content (AvgIpc) is 3.32. The van der Waals surface area contributed by atoms with Crippen LogP contribution < -0.4 is 5.32 Å². The molecule has 2 saturated heterocycles. The number of para-hydroxylation sites is 1. The molecule has 0 radical (unpaired) electrons. The molecule has 2 aromatic carbocycles. The van der Waals surface area contributed by atoms with Gasteiger partial charge in [-0.1, -0.05) is 24.3 Å². The highest BCUT2D eigenvalue weighted by Crippen LogP contribution is 2.36. The highest BCUT2D eigenvalue weighted by molar-refractivity contribution is 7.89. The standard InChI is InChI=1S/C21H23N5O4S/c1-14-5-2-3-6-17(14)22-20(27)13-25-11-15-9-10-16(12-25)26(15)31(28,29)19-8-4-7-18-21(19)24-30-23-18/h2-8,15-16H,9-13H2,1H3,(H,22,27). The summed E-state index contributed by atoms with van der Waals surface area (Å²) in [6.45, 7) is 3.22. The topological polar surface area (TPSA) is 109 Å². The third-order valence-electron chi connectivity index (χ3n) is 6.08. The number of amides is 1. The van der Waals surface area contributed by atoms with Gasteiger partial charge in [0.1, 0.15) is 10.4 Å². The van der Waals surface area contributed by atoms with Crippen LogP contribution in [0.4, 0.5) is 5.69 Å². The molecular formula is C21H23N5O4S. The van der Waals surface area contributed by atoms with Gasteiger partial charge in [0, 0.05) is 30.9 Å². The molecule has 0 aliphatic carbocycles. The lowest BCUT2D eigenvalue weighted by atomic mass is 10.2. The Balaban J connectivity index is 1.32. The predicted octanol–water partition coefficient (Wildman–Crippen LogP) is 2.01. The van der Waals surface area contributed by atoms with Crippen LogP contribution in [0.25, 0.3) is 11.0 Å². The first-order valence-electron chi connectivity index (χ1n) is 10.3. The SMILES string of the molecule is Cc1ccccc1NC(=O)CN1CC2CCC(C1)N2S(=O)(=O)c1cccc2nonc12. The number of carbonyl (C=O) groups excluding carboxylic acids is 1. The van der Waals surface area contributed by atoms with E-state index in [4.69, 9.17) is 4.63 Å². The van der Waals surface area contributed by atoms with E-state index in [0.717, 1.165) is 24.1 Å². The van der Waals surface area contributed by atoms with Crippen LogP contribution >= 0.6 is 0 Å². The quantitative estimate of drug-likeness (QED) is 0.645. The Morgan fingerprint density at radius 2 is 1.84 bits per heavy atom. The molecule has 9 nitrogen and oxygen atoms in total. The van der Waals surface area contributed by atoms with E-state index < -0.39 is 10.0 Å². The summed E-state index contributed by atoms with van der Waals surface area (Å²) < 4.78 is 33.3. The molecule has 2 atom stereocenters. The van der Waals surface area contributed by atoms with Gasteiger partial charge in [-0.2, -0.15) is 4.31 Å². The third kappa shape index (κ3) is 3.60. The molecule has 2 unspecified atom stereocenters. The number of rotatable bonds is 5. The van der Waals surface area contributed by atoms with E-state index in [1.165, 1.54) is 0 Å². The minimum atomic E-state index is -3.76. The van der Waals surface area contributed by atoms with Crippen molar-refractivity contribution in [2.75, 3.05) is 25.0 Å². The second-order valence-corrected chi connectivity index (χ2v) is 9.98. The number of nitrogens with one attached hydrogen (secondary N) is 1. The van der Waals surface area contributed by atoms with Crippen LogP contribution in [0.5, 0.6) is 0 Å². The average molecular weight is 442 g/mol. The second-order valence-electron chi connectivity index (χ2n) is 8.17. The van der Waals surface area contributed by atoms with Crippen molar-refractivity contribution in [1.29, 1.82) is 0 Å². The molecule has 31 heavy (non-hydrogen) atoms. The number of anilines is 1. The van der Waals surface area contributed by atoms with Gasteiger partial charge in [0.25, 0.3) is 0 Å². The fourth-order valence-electron chi connectivity index (χ4n) is 4.68. The maximum atomic E-state index is 13.5. The summed E-state index contributed by atoms with van der Waals surface area (Å²) in [5.74, 6) is -0.0940. The summed E-state index contributed by atoms with van der Waals surface area (Å²) in [6, 6.07) is 12.2. The summed E-state index contributed by atoms with van der Waals surface area (Å²) in [7, 11) is -3.76. The van der Waals surface area contributed by atoms with Crippen molar-refractivity contribution < 1.29 is 17.8 Å². The van der Waals surface area contributed by atoms with Crippen molar-refractivity contribution in [3.05, 3.63) is 48.0 Å². The second kappa shape index (κ2) is 7.70. The van der Waals surface area contributed by atoms with Gasteiger partial charge in [-0.15, -0.1) is 0 Å². The maximum Gasteiger partial charge on any atom is 0.246 e. The molecule has 0 spiro atoms. The smallest absolute Gasteiger partial charge is 0.246 e. The molecule has 2 bridgehead atoms. The van der Waals surface area contributed by atoms with Crippen LogP contribution in [0.2, 0.25) is 0 Å². The van der Waals surface area contributed by atoms with Crippen LogP contribution in [-0.4, -0.2) is 65.6 Å². The zero-order valence-electron chi connectivity index (χ0n) is 17.1. The number of fused-ring (bicyclic) bond motifs is 3. The largest absolute Gasteiger partial charge is 0.325 e. The van der Waals surface area contributed by atoms with Crippen LogP contribution in [0.1, 0.15) is 18.4 Å². The first-order valence-corrected chi connectivity index (χ1v) is 11.7. The summed E-state index contributed by atoms with van der Waals surface area (Å²) in [5, 5.41) is 10.5. The van der Waals surface area contributed by atoms with Crippen molar-refractivity contribution in [2.24, 2.45) is 0 Å². The van der Waals surface area contributed by atoms with E-state index in [1.54, 1.807) is 22.5 Å². The number of nitrogens with zero attached hydrogens (tertiary/aromatic N) is 4. The van der Waals surface area contributed by atoms with Crippen LogP contribution in [0.15, 0.2) is 52.0 Å². The zero-order valence-corrected chi connectivity index (χ0v) is 17.9. The zero-order chi connectivity index (χ0) is 21.6. The maximum absolute atomic E-state index is 13.5. The summed E-state index contributed by atoms with van der Waals surface area (Å²) in [4.78, 5) is 14.7. The highest BCUT2D eigenvalue weighted by atomic mass is 32.2. The molecule has 2 aliphatic rings. The number of hydrogen-bond acceptors (Lipinski definition) is 7. The molecule has 3 heterocycles. The number of likely N-dealkylation sites (tertiary alicyclic amines) is 1. The van der Waals surface area contributed by atoms with Gasteiger partial charge in [-0.3, -0.25) is 9.69 Å². The number of hydrogen-bond donors (Lipinski definition) is 1. The lowest BCUT2D eigenvalue weighted by Crippen LogP contribution is -2.56. The molecule has 10 heteroatoms. The number of aromatic nitrogens is 2. The molecule has 3 aromatic rings. The fraction of sp³-hybridized carbons (Fsp3) is 0.381. The van der Waals surface area contributed by atoms with Gasteiger partial charge in [0.15, 0.2) is 5.52 Å². The van der Waals surface area contributed by atoms with Gasteiger partial charge in [-0.05, 0) is 53.8 Å². The number of carbonyl (C=O) groups is 1. The fourth-order valence-corrected chi connectivity index (χ4v) is 6.68. The third-order valence-corrected chi connectivity index (χ3v) is 8.12. The summed E-state index contributed by atoms with van der Waals surface area (Å²) in [6.07, 6.45) is 1.54. The van der Waals surface area contributed by atoms with Gasteiger partial charge in [-0.25, -0.2) is 13.0 Å². The number of sulfonamides is 1. The first kappa shape index (κ1) is 20.1. The molecule has 5 rings (SSSR count). The Bertz CT molecular complexity index is 1230. The first-order chi connectivity index (χ1) is 14.9. The predicted molar refractivity (Wildman–Crippen MR) is 114 cm³/mol. The molecular weight excluding hydrogens is 418 g/mol. The Kier molecular flexibility index (Phi) is 4.99. The van der Waals surface area contributed by atoms with Gasteiger partial charge >= 0.3 is 0 Å². The van der Waals surface area contributed by atoms with Crippen LogP contribution in [0.3, 0.4) is 0 Å². The lowest BCUT2D eigenvalue weighted by Gasteiger charge is -2.39. The van der Waals surface area contributed by atoms with E-state index in [2.05, 4.69) is 15.6 Å². The Hall–Kier alpha value is -2.82. The number of benzene rings is 2. The van der Waals surface area contributed by atoms with Crippen molar-refractivity contribution >= 4 is 32.7 Å². The summed E-state index contributed by atoms with van der Waals surface area (Å²) in [5.41, 5.74) is 2.47. The van der Waals surface area contributed by atoms with Crippen LogP contribution in [0, 0.1) is 6.92 Å². The minimum absolute atomic E-state index is 0.0940. The number of aryl methyl sites for hydroxylation is 1. The van der Waals surface area contributed by atoms with Gasteiger partial charge in [0.2, 0.25) is 15.9 Å². The van der Waals surface area contributed by atoms with E-state index in [9.17, 15) is 13.2 Å². The van der Waals surface area contributed by atoms with Crippen molar-refractivity contribution in [3.63, 3.8) is 0 Å².